The zero-order chi connectivity index (χ0) is 13.8. The molecule has 1 atom stereocenters. The molecule has 2 rings (SSSR count). The van der Waals surface area contributed by atoms with Gasteiger partial charge in [-0.2, -0.15) is 0 Å². The summed E-state index contributed by atoms with van der Waals surface area (Å²) in [6.07, 6.45) is 1.79. The predicted octanol–water partition coefficient (Wildman–Crippen LogP) is 3.02. The Labute approximate surface area is 115 Å². The van der Waals surface area contributed by atoms with Crippen molar-refractivity contribution >= 4 is 5.91 Å². The molecule has 3 nitrogen and oxygen atoms in total. The minimum atomic E-state index is -0.406. The Hall–Kier alpha value is -1.51. The largest absolute Gasteiger partial charge is 0.481 e. The summed E-state index contributed by atoms with van der Waals surface area (Å²) >= 11 is 0. The first kappa shape index (κ1) is 13.9. The van der Waals surface area contributed by atoms with Gasteiger partial charge in [-0.3, -0.25) is 4.79 Å². The number of amides is 1. The number of hydrogen-bond donors (Lipinski definition) is 0. The second-order valence-corrected chi connectivity index (χ2v) is 5.58. The zero-order valence-corrected chi connectivity index (χ0v) is 12.1. The van der Waals surface area contributed by atoms with Gasteiger partial charge in [-0.05, 0) is 44.7 Å². The Kier molecular flexibility index (Phi) is 4.46. The van der Waals surface area contributed by atoms with Gasteiger partial charge in [0.1, 0.15) is 5.75 Å². The third kappa shape index (κ3) is 3.72. The van der Waals surface area contributed by atoms with Crippen LogP contribution in [0.3, 0.4) is 0 Å². The lowest BCUT2D eigenvalue weighted by molar-refractivity contribution is -0.139. The standard InChI is InChI=1S/C16H23NO2/c1-12-4-6-15(7-5-12)19-14(3)16(18)17-10-8-13(2)9-11-17/h4-7,13-14H,8-11H2,1-3H3/t14-/m1/s1. The molecule has 0 saturated carbocycles. The molecule has 1 aromatic carbocycles. The van der Waals surface area contributed by atoms with Crippen molar-refractivity contribution in [3.05, 3.63) is 29.8 Å². The summed E-state index contributed by atoms with van der Waals surface area (Å²) < 4.78 is 5.72. The lowest BCUT2D eigenvalue weighted by atomic mass is 9.99. The van der Waals surface area contributed by atoms with E-state index in [9.17, 15) is 4.79 Å². The minimum absolute atomic E-state index is 0.104. The van der Waals surface area contributed by atoms with Crippen LogP contribution in [0.5, 0.6) is 5.75 Å². The number of nitrogens with zero attached hydrogens (tertiary/aromatic N) is 1. The molecule has 0 radical (unpaired) electrons. The second kappa shape index (κ2) is 6.09. The van der Waals surface area contributed by atoms with Crippen LogP contribution in [0.1, 0.15) is 32.3 Å². The van der Waals surface area contributed by atoms with Gasteiger partial charge in [-0.15, -0.1) is 0 Å². The lowest BCUT2D eigenvalue weighted by Gasteiger charge is -2.32. The molecule has 0 bridgehead atoms. The Bertz CT molecular complexity index is 419. The van der Waals surface area contributed by atoms with Crippen molar-refractivity contribution in [2.24, 2.45) is 5.92 Å². The SMILES string of the molecule is Cc1ccc(O[C@H](C)C(=O)N2CCC(C)CC2)cc1. The minimum Gasteiger partial charge on any atom is -0.481 e. The van der Waals surface area contributed by atoms with Gasteiger partial charge < -0.3 is 9.64 Å². The van der Waals surface area contributed by atoms with E-state index in [1.165, 1.54) is 5.56 Å². The molecule has 1 aromatic rings. The Morgan fingerprint density at radius 2 is 1.84 bits per heavy atom. The van der Waals surface area contributed by atoms with Crippen LogP contribution in [0.25, 0.3) is 0 Å². The van der Waals surface area contributed by atoms with Crippen LogP contribution in [0.15, 0.2) is 24.3 Å². The third-order valence-electron chi connectivity index (χ3n) is 3.78. The van der Waals surface area contributed by atoms with Gasteiger partial charge in [0, 0.05) is 13.1 Å². The molecule has 1 aliphatic rings. The van der Waals surface area contributed by atoms with Crippen molar-refractivity contribution in [2.75, 3.05) is 13.1 Å². The smallest absolute Gasteiger partial charge is 0.263 e. The molecule has 0 aliphatic carbocycles. The van der Waals surface area contributed by atoms with E-state index in [1.807, 2.05) is 43.0 Å². The van der Waals surface area contributed by atoms with E-state index in [2.05, 4.69) is 6.92 Å². The number of ether oxygens (including phenoxy) is 1. The maximum Gasteiger partial charge on any atom is 0.263 e. The molecule has 1 fully saturated rings. The fourth-order valence-electron chi connectivity index (χ4n) is 2.36. The van der Waals surface area contributed by atoms with Crippen molar-refractivity contribution in [1.29, 1.82) is 0 Å². The van der Waals surface area contributed by atoms with Crippen LogP contribution in [-0.4, -0.2) is 30.0 Å². The molecule has 1 amide bonds. The highest BCUT2D eigenvalue weighted by Crippen LogP contribution is 2.18. The van der Waals surface area contributed by atoms with Crippen molar-refractivity contribution in [2.45, 2.75) is 39.7 Å². The molecule has 1 saturated heterocycles. The predicted molar refractivity (Wildman–Crippen MR) is 76.2 cm³/mol. The molecular formula is C16H23NO2. The number of carbonyl (C=O) groups excluding carboxylic acids is 1. The van der Waals surface area contributed by atoms with Gasteiger partial charge in [-0.1, -0.05) is 24.6 Å². The fraction of sp³-hybridized carbons (Fsp3) is 0.562. The number of hydrogen-bond acceptors (Lipinski definition) is 2. The van der Waals surface area contributed by atoms with Crippen LogP contribution >= 0.6 is 0 Å². The average molecular weight is 261 g/mol. The van der Waals surface area contributed by atoms with Crippen molar-refractivity contribution in [3.63, 3.8) is 0 Å². The first-order valence-electron chi connectivity index (χ1n) is 7.08. The molecule has 0 N–H and O–H groups in total. The molecule has 3 heteroatoms. The number of rotatable bonds is 3. The van der Waals surface area contributed by atoms with Crippen LogP contribution in [0.2, 0.25) is 0 Å². The van der Waals surface area contributed by atoms with E-state index in [4.69, 9.17) is 4.74 Å². The van der Waals surface area contributed by atoms with Gasteiger partial charge in [0.05, 0.1) is 0 Å². The summed E-state index contributed by atoms with van der Waals surface area (Å²) in [6, 6.07) is 7.82. The molecular weight excluding hydrogens is 238 g/mol. The molecule has 104 valence electrons. The van der Waals surface area contributed by atoms with Gasteiger partial charge in [-0.25, -0.2) is 0 Å². The lowest BCUT2D eigenvalue weighted by Crippen LogP contribution is -2.44. The summed E-state index contributed by atoms with van der Waals surface area (Å²) in [4.78, 5) is 14.2. The van der Waals surface area contributed by atoms with E-state index in [-0.39, 0.29) is 5.91 Å². The number of aryl methyl sites for hydroxylation is 1. The molecule has 0 aromatic heterocycles. The first-order chi connectivity index (χ1) is 9.06. The zero-order valence-electron chi connectivity index (χ0n) is 12.1. The van der Waals surface area contributed by atoms with E-state index in [0.717, 1.165) is 37.6 Å². The molecule has 0 spiro atoms. The maximum absolute atomic E-state index is 12.3. The third-order valence-corrected chi connectivity index (χ3v) is 3.78. The van der Waals surface area contributed by atoms with Crippen molar-refractivity contribution in [1.82, 2.24) is 4.90 Å². The summed E-state index contributed by atoms with van der Waals surface area (Å²) in [7, 11) is 0. The number of likely N-dealkylation sites (tertiary alicyclic amines) is 1. The van der Waals surface area contributed by atoms with E-state index < -0.39 is 6.10 Å². The number of benzene rings is 1. The topological polar surface area (TPSA) is 29.5 Å². The van der Waals surface area contributed by atoms with Gasteiger partial charge in [0.2, 0.25) is 0 Å². The van der Waals surface area contributed by atoms with E-state index in [1.54, 1.807) is 0 Å². The maximum atomic E-state index is 12.3. The molecule has 0 unspecified atom stereocenters. The Morgan fingerprint density at radius 1 is 1.26 bits per heavy atom. The normalized spacial score (nSPS) is 18.2. The van der Waals surface area contributed by atoms with Crippen LogP contribution < -0.4 is 4.74 Å². The van der Waals surface area contributed by atoms with Crippen LogP contribution in [0, 0.1) is 12.8 Å². The first-order valence-corrected chi connectivity index (χ1v) is 7.08. The summed E-state index contributed by atoms with van der Waals surface area (Å²) in [6.45, 7) is 7.84. The monoisotopic (exact) mass is 261 g/mol. The number of carbonyl (C=O) groups is 1. The second-order valence-electron chi connectivity index (χ2n) is 5.58. The number of piperidine rings is 1. The quantitative estimate of drug-likeness (QED) is 0.837. The highest BCUT2D eigenvalue weighted by molar-refractivity contribution is 5.81. The van der Waals surface area contributed by atoms with Gasteiger partial charge in [0.25, 0.3) is 5.91 Å². The van der Waals surface area contributed by atoms with Gasteiger partial charge in [0.15, 0.2) is 6.10 Å². The summed E-state index contributed by atoms with van der Waals surface area (Å²) in [5.74, 6) is 1.60. The summed E-state index contributed by atoms with van der Waals surface area (Å²) in [5.41, 5.74) is 1.19. The Balaban J connectivity index is 1.90. The van der Waals surface area contributed by atoms with E-state index >= 15 is 0 Å². The van der Waals surface area contributed by atoms with Crippen molar-refractivity contribution in [3.8, 4) is 5.75 Å². The summed E-state index contributed by atoms with van der Waals surface area (Å²) in [5, 5.41) is 0. The molecule has 1 heterocycles. The van der Waals surface area contributed by atoms with Crippen LogP contribution in [-0.2, 0) is 4.79 Å². The molecule has 1 aliphatic heterocycles. The highest BCUT2D eigenvalue weighted by atomic mass is 16.5. The highest BCUT2D eigenvalue weighted by Gasteiger charge is 2.25. The fourth-order valence-corrected chi connectivity index (χ4v) is 2.36. The molecule has 19 heavy (non-hydrogen) atoms. The van der Waals surface area contributed by atoms with Gasteiger partial charge >= 0.3 is 0 Å². The Morgan fingerprint density at radius 3 is 2.42 bits per heavy atom. The van der Waals surface area contributed by atoms with Crippen LogP contribution in [0.4, 0.5) is 0 Å². The van der Waals surface area contributed by atoms with Crippen molar-refractivity contribution < 1.29 is 9.53 Å². The van der Waals surface area contributed by atoms with E-state index in [0.29, 0.717) is 0 Å². The average Bonchev–Trinajstić information content (AvgIpc) is 2.41.